The summed E-state index contributed by atoms with van der Waals surface area (Å²) in [4.78, 5) is 30.8. The maximum Gasteiger partial charge on any atom is 0.164 e. The van der Waals surface area contributed by atoms with Crippen LogP contribution in [-0.2, 0) is 5.41 Å². The Kier molecular flexibility index (Phi) is 10.1. The van der Waals surface area contributed by atoms with Crippen molar-refractivity contribution in [3.05, 3.63) is 289 Å². The molecular formula is C73H44N6. The second-order valence-electron chi connectivity index (χ2n) is 20.5. The molecule has 0 bridgehead atoms. The zero-order chi connectivity index (χ0) is 52.0. The zero-order valence-electron chi connectivity index (χ0n) is 42.6. The molecule has 1 atom stereocenters. The van der Waals surface area contributed by atoms with Gasteiger partial charge in [-0.1, -0.05) is 255 Å². The second kappa shape index (κ2) is 17.8. The van der Waals surface area contributed by atoms with Gasteiger partial charge in [-0.2, -0.15) is 0 Å². The van der Waals surface area contributed by atoms with Crippen molar-refractivity contribution in [3.8, 4) is 102 Å². The molecule has 0 amide bonds. The molecule has 366 valence electrons. The van der Waals surface area contributed by atoms with Gasteiger partial charge in [0.05, 0.1) is 5.41 Å². The Bertz CT molecular complexity index is 4640. The molecule has 2 aromatic heterocycles. The van der Waals surface area contributed by atoms with E-state index in [1.165, 1.54) is 76.8 Å². The van der Waals surface area contributed by atoms with Crippen LogP contribution in [0.25, 0.3) is 134 Å². The van der Waals surface area contributed by atoms with Gasteiger partial charge in [-0.3, -0.25) is 0 Å². The Labute approximate surface area is 456 Å². The lowest BCUT2D eigenvalue weighted by molar-refractivity contribution is 0.802. The predicted molar refractivity (Wildman–Crippen MR) is 320 cm³/mol. The van der Waals surface area contributed by atoms with Gasteiger partial charge in [-0.05, 0) is 100 Å². The van der Waals surface area contributed by atoms with Crippen molar-refractivity contribution >= 4 is 32.3 Å². The SMILES string of the molecule is c1ccc(-c2nc(-c3ccccc3)nc(-c3ccc(-c4ccc5c(c4)C4(c6cc(-c7nc(-c8ccccc8)nc(-c8ccccc8)n7)ccc6-5)c5ccccc5-c5c4c4c6ccccc6ccc4c4ccccc54)cc3)n2)cc1. The first-order valence-corrected chi connectivity index (χ1v) is 26.8. The van der Waals surface area contributed by atoms with E-state index in [1.54, 1.807) is 0 Å². The van der Waals surface area contributed by atoms with Crippen molar-refractivity contribution in [2.45, 2.75) is 5.41 Å². The van der Waals surface area contributed by atoms with Crippen LogP contribution in [0.5, 0.6) is 0 Å². The van der Waals surface area contributed by atoms with Crippen molar-refractivity contribution in [2.24, 2.45) is 0 Å². The third kappa shape index (κ3) is 6.98. The molecule has 6 heteroatoms. The van der Waals surface area contributed by atoms with Crippen LogP contribution in [0, 0.1) is 0 Å². The largest absolute Gasteiger partial charge is 0.208 e. The smallest absolute Gasteiger partial charge is 0.164 e. The highest BCUT2D eigenvalue weighted by Gasteiger charge is 2.53. The van der Waals surface area contributed by atoms with Crippen LogP contribution >= 0.6 is 0 Å². The van der Waals surface area contributed by atoms with Gasteiger partial charge in [0.15, 0.2) is 34.9 Å². The number of hydrogen-bond acceptors (Lipinski definition) is 6. The number of fused-ring (bicyclic) bond motifs is 17. The van der Waals surface area contributed by atoms with E-state index in [4.69, 9.17) is 29.9 Å². The number of hydrogen-bond donors (Lipinski definition) is 0. The summed E-state index contributed by atoms with van der Waals surface area (Å²) in [7, 11) is 0. The summed E-state index contributed by atoms with van der Waals surface area (Å²) < 4.78 is 0. The lowest BCUT2D eigenvalue weighted by atomic mass is 9.68. The number of nitrogens with zero attached hydrogens (tertiary/aromatic N) is 6. The highest BCUT2D eigenvalue weighted by molar-refractivity contribution is 6.26. The van der Waals surface area contributed by atoms with Gasteiger partial charge in [0, 0.05) is 33.4 Å². The molecule has 0 N–H and O–H groups in total. The molecule has 79 heavy (non-hydrogen) atoms. The molecule has 1 spiro atoms. The average Bonchev–Trinajstić information content (AvgIpc) is 3.54. The number of aromatic nitrogens is 6. The fourth-order valence-corrected chi connectivity index (χ4v) is 12.7. The molecule has 0 saturated heterocycles. The lowest BCUT2D eigenvalue weighted by Crippen LogP contribution is -2.26. The van der Waals surface area contributed by atoms with Crippen molar-refractivity contribution in [1.29, 1.82) is 0 Å². The van der Waals surface area contributed by atoms with Gasteiger partial charge >= 0.3 is 0 Å². The molecule has 1 unspecified atom stereocenters. The minimum Gasteiger partial charge on any atom is -0.208 e. The molecule has 2 aliphatic rings. The standard InChI is InChI=1S/C73H44N6/c1-5-20-47(21-6-1)67-74-68(48-22-7-2-8-23-48)77-71(76-67)51-35-33-45(34-36-51)52-38-40-56-57-41-39-53(72-78-69(49-24-9-3-10-25-49)75-70(79-72)50-26-11-4-12-27-50)44-63(57)73(62(56)43-52)61-32-18-17-31-60(61)65-58-30-16-15-29-55(58)59-42-37-46-19-13-14-28-54(46)64(59)66(65)73/h1-44H. The number of benzene rings is 12. The van der Waals surface area contributed by atoms with Crippen LogP contribution in [0.1, 0.15) is 22.3 Å². The average molecular weight is 1010 g/mol. The summed E-state index contributed by atoms with van der Waals surface area (Å²) in [6.45, 7) is 0. The lowest BCUT2D eigenvalue weighted by Gasteiger charge is -2.32. The second-order valence-corrected chi connectivity index (χ2v) is 20.5. The van der Waals surface area contributed by atoms with E-state index in [-0.39, 0.29) is 0 Å². The highest BCUT2D eigenvalue weighted by Crippen LogP contribution is 2.66. The molecule has 0 fully saturated rings. The fourth-order valence-electron chi connectivity index (χ4n) is 12.7. The topological polar surface area (TPSA) is 77.3 Å². The zero-order valence-corrected chi connectivity index (χ0v) is 42.6. The third-order valence-corrected chi connectivity index (χ3v) is 16.2. The monoisotopic (exact) mass is 1000 g/mol. The van der Waals surface area contributed by atoms with Crippen molar-refractivity contribution in [2.75, 3.05) is 0 Å². The van der Waals surface area contributed by atoms with E-state index in [9.17, 15) is 0 Å². The number of rotatable bonds is 7. The molecule has 14 aromatic rings. The van der Waals surface area contributed by atoms with Gasteiger partial charge in [0.1, 0.15) is 0 Å². The van der Waals surface area contributed by atoms with Crippen molar-refractivity contribution < 1.29 is 0 Å². The van der Waals surface area contributed by atoms with E-state index in [2.05, 4.69) is 170 Å². The van der Waals surface area contributed by atoms with Gasteiger partial charge < -0.3 is 0 Å². The Hall–Kier alpha value is -10.6. The molecule has 2 aliphatic carbocycles. The summed E-state index contributed by atoms with van der Waals surface area (Å²) in [5.74, 6) is 3.76. The third-order valence-electron chi connectivity index (χ3n) is 16.2. The first-order valence-electron chi connectivity index (χ1n) is 26.8. The predicted octanol–water partition coefficient (Wildman–Crippen LogP) is 17.5. The maximum atomic E-state index is 5.30. The van der Waals surface area contributed by atoms with Gasteiger partial charge in [0.2, 0.25) is 0 Å². The molecule has 6 nitrogen and oxygen atoms in total. The molecule has 0 radical (unpaired) electrons. The molecule has 16 rings (SSSR count). The minimum atomic E-state index is -0.765. The van der Waals surface area contributed by atoms with Crippen LogP contribution in [0.4, 0.5) is 0 Å². The van der Waals surface area contributed by atoms with Gasteiger partial charge in [0.25, 0.3) is 0 Å². The van der Waals surface area contributed by atoms with Crippen LogP contribution < -0.4 is 0 Å². The Morgan fingerprint density at radius 3 is 1.16 bits per heavy atom. The molecule has 2 heterocycles. The van der Waals surface area contributed by atoms with Crippen molar-refractivity contribution in [1.82, 2.24) is 29.9 Å². The summed E-state index contributed by atoms with van der Waals surface area (Å²) >= 11 is 0. The van der Waals surface area contributed by atoms with Crippen LogP contribution in [0.3, 0.4) is 0 Å². The highest BCUT2D eigenvalue weighted by atomic mass is 15.0. The van der Waals surface area contributed by atoms with Gasteiger partial charge in [-0.25, -0.2) is 29.9 Å². The molecule has 0 aliphatic heterocycles. The van der Waals surface area contributed by atoms with Crippen LogP contribution in [0.2, 0.25) is 0 Å². The van der Waals surface area contributed by atoms with Gasteiger partial charge in [-0.15, -0.1) is 0 Å². The Balaban J connectivity index is 0.942. The fraction of sp³-hybridized carbons (Fsp3) is 0.0137. The van der Waals surface area contributed by atoms with Crippen LogP contribution in [0.15, 0.2) is 267 Å². The quantitative estimate of drug-likeness (QED) is 0.148. The first kappa shape index (κ1) is 44.7. The van der Waals surface area contributed by atoms with E-state index >= 15 is 0 Å². The summed E-state index contributed by atoms with van der Waals surface area (Å²) in [6, 6.07) is 95.1. The Morgan fingerprint density at radius 1 is 0.228 bits per heavy atom. The van der Waals surface area contributed by atoms with E-state index in [0.29, 0.717) is 34.9 Å². The van der Waals surface area contributed by atoms with Crippen molar-refractivity contribution in [3.63, 3.8) is 0 Å². The molecule has 0 saturated carbocycles. The maximum absolute atomic E-state index is 5.30. The molecular weight excluding hydrogens is 961 g/mol. The van der Waals surface area contributed by atoms with E-state index in [0.717, 1.165) is 44.5 Å². The minimum absolute atomic E-state index is 0.618. The summed E-state index contributed by atoms with van der Waals surface area (Å²) in [5.41, 5.74) is 16.9. The Morgan fingerprint density at radius 2 is 0.620 bits per heavy atom. The van der Waals surface area contributed by atoms with E-state index in [1.807, 2.05) is 97.1 Å². The summed E-state index contributed by atoms with van der Waals surface area (Å²) in [5, 5.41) is 7.42. The summed E-state index contributed by atoms with van der Waals surface area (Å²) in [6.07, 6.45) is 0. The van der Waals surface area contributed by atoms with Crippen LogP contribution in [-0.4, -0.2) is 29.9 Å². The molecule has 12 aromatic carbocycles. The normalized spacial score (nSPS) is 13.9. The van der Waals surface area contributed by atoms with E-state index < -0.39 is 5.41 Å². The first-order chi connectivity index (χ1) is 39.2.